The number of benzene rings is 2. The lowest BCUT2D eigenvalue weighted by atomic mass is 10.1. The summed E-state index contributed by atoms with van der Waals surface area (Å²) < 4.78 is 37.3. The van der Waals surface area contributed by atoms with Crippen LogP contribution >= 0.6 is 12.2 Å². The molecule has 1 N–H and O–H groups in total. The summed E-state index contributed by atoms with van der Waals surface area (Å²) >= 11 is 5.56. The summed E-state index contributed by atoms with van der Waals surface area (Å²) in [5, 5.41) is 6.95. The number of nitrogens with one attached hydrogen (secondary N) is 1. The first-order chi connectivity index (χ1) is 15.4. The van der Waals surface area contributed by atoms with Gasteiger partial charge in [-0.3, -0.25) is 9.47 Å². The summed E-state index contributed by atoms with van der Waals surface area (Å²) in [6, 6.07) is 14.2. The van der Waals surface area contributed by atoms with Crippen LogP contribution in [-0.2, 0) is 17.8 Å². The fraction of sp³-hybridized carbons (Fsp3) is 0.136. The van der Waals surface area contributed by atoms with Gasteiger partial charge in [0.05, 0.1) is 12.8 Å². The molecule has 0 aliphatic heterocycles. The van der Waals surface area contributed by atoms with Crippen LogP contribution in [0.5, 0.6) is 5.75 Å². The van der Waals surface area contributed by atoms with Gasteiger partial charge in [0.2, 0.25) is 10.7 Å². The maximum atomic E-state index is 13.9. The van der Waals surface area contributed by atoms with Crippen molar-refractivity contribution in [3.63, 3.8) is 0 Å². The molecule has 0 atom stereocenters. The predicted molar refractivity (Wildman–Crippen MR) is 117 cm³/mol. The second kappa shape index (κ2) is 9.15. The molecule has 164 valence electrons. The summed E-state index contributed by atoms with van der Waals surface area (Å²) in [4.78, 5) is 12.5. The average Bonchev–Trinajstić information content (AvgIpc) is 3.39. The zero-order chi connectivity index (χ0) is 22.7. The quantitative estimate of drug-likeness (QED) is 0.427. The molecule has 0 saturated carbocycles. The summed E-state index contributed by atoms with van der Waals surface area (Å²) in [6.07, 6.45) is 4.08. The van der Waals surface area contributed by atoms with Crippen LogP contribution in [-0.4, -0.2) is 32.1 Å². The van der Waals surface area contributed by atoms with Crippen molar-refractivity contribution < 1.29 is 18.3 Å². The van der Waals surface area contributed by atoms with Gasteiger partial charge in [-0.1, -0.05) is 12.1 Å². The van der Waals surface area contributed by atoms with Gasteiger partial charge in [0.1, 0.15) is 23.9 Å². The van der Waals surface area contributed by atoms with Crippen LogP contribution in [0.15, 0.2) is 67.0 Å². The number of methoxy groups -OCH3 is 1. The number of rotatable bonds is 7. The summed E-state index contributed by atoms with van der Waals surface area (Å²) in [7, 11) is 1.60. The van der Waals surface area contributed by atoms with Gasteiger partial charge in [-0.25, -0.2) is 18.1 Å². The standard InChI is InChI=1S/C22H19F2N5O2S/c1-31-17-7-4-15(5-8-17)12-20-26-28(22(32)29(20)27-10-2-3-11-27)14-21(30)25-19-9-6-16(23)13-18(19)24/h2-11,13H,12,14H2,1H3,(H,25,30). The largest absolute Gasteiger partial charge is 0.497 e. The number of halogens is 2. The highest BCUT2D eigenvalue weighted by Gasteiger charge is 2.16. The maximum absolute atomic E-state index is 13.9. The number of hydrogen-bond donors (Lipinski definition) is 1. The minimum Gasteiger partial charge on any atom is -0.497 e. The van der Waals surface area contributed by atoms with E-state index in [4.69, 9.17) is 17.0 Å². The predicted octanol–water partition coefficient (Wildman–Crippen LogP) is 4.04. The third kappa shape index (κ3) is 4.59. The Morgan fingerprint density at radius 1 is 1.12 bits per heavy atom. The first-order valence-corrected chi connectivity index (χ1v) is 10.1. The molecule has 4 aromatic rings. The van der Waals surface area contributed by atoms with Crippen LogP contribution < -0.4 is 10.1 Å². The fourth-order valence-corrected chi connectivity index (χ4v) is 3.50. The molecule has 2 heterocycles. The highest BCUT2D eigenvalue weighted by atomic mass is 32.1. The van der Waals surface area contributed by atoms with E-state index in [2.05, 4.69) is 10.4 Å². The Labute approximate surface area is 187 Å². The molecule has 1 amide bonds. The Bertz CT molecular complexity index is 1300. The zero-order valence-corrected chi connectivity index (χ0v) is 17.9. The highest BCUT2D eigenvalue weighted by Crippen LogP contribution is 2.17. The van der Waals surface area contributed by atoms with Crippen LogP contribution in [0.2, 0.25) is 0 Å². The van der Waals surface area contributed by atoms with Gasteiger partial charge in [0.15, 0.2) is 5.82 Å². The van der Waals surface area contributed by atoms with E-state index < -0.39 is 17.5 Å². The monoisotopic (exact) mass is 455 g/mol. The number of carbonyl (C=O) groups is 1. The topological polar surface area (TPSA) is 66.0 Å². The van der Waals surface area contributed by atoms with Crippen molar-refractivity contribution in [2.24, 2.45) is 0 Å². The van der Waals surface area contributed by atoms with Gasteiger partial charge in [0, 0.05) is 24.9 Å². The number of carbonyl (C=O) groups excluding carboxylic acids is 1. The molecule has 0 bridgehead atoms. The molecule has 0 fully saturated rings. The number of anilines is 1. The smallest absolute Gasteiger partial charge is 0.246 e. The normalized spacial score (nSPS) is 10.8. The highest BCUT2D eigenvalue weighted by molar-refractivity contribution is 7.71. The van der Waals surface area contributed by atoms with Gasteiger partial charge in [-0.15, -0.1) is 0 Å². The molecule has 0 aliphatic rings. The van der Waals surface area contributed by atoms with Gasteiger partial charge in [0.25, 0.3) is 0 Å². The number of ether oxygens (including phenoxy) is 1. The molecule has 0 unspecified atom stereocenters. The Kier molecular flexibility index (Phi) is 6.13. The van der Waals surface area contributed by atoms with E-state index in [-0.39, 0.29) is 12.2 Å². The SMILES string of the molecule is COc1ccc(Cc2nn(CC(=O)Nc3ccc(F)cc3F)c(=S)n2-n2cccc2)cc1. The minimum atomic E-state index is -0.861. The van der Waals surface area contributed by atoms with Crippen molar-refractivity contribution in [3.05, 3.63) is 94.8 Å². The first kappa shape index (κ1) is 21.4. The van der Waals surface area contributed by atoms with Crippen LogP contribution in [0.25, 0.3) is 0 Å². The van der Waals surface area contributed by atoms with E-state index in [1.54, 1.807) is 16.5 Å². The van der Waals surface area contributed by atoms with Crippen LogP contribution in [0.4, 0.5) is 14.5 Å². The summed E-state index contributed by atoms with van der Waals surface area (Å²) in [5.41, 5.74) is 0.857. The molecule has 0 radical (unpaired) electrons. The lowest BCUT2D eigenvalue weighted by Gasteiger charge is -2.08. The van der Waals surface area contributed by atoms with Crippen molar-refractivity contribution in [1.82, 2.24) is 19.1 Å². The van der Waals surface area contributed by atoms with Gasteiger partial charge in [-0.2, -0.15) is 5.10 Å². The lowest BCUT2D eigenvalue weighted by Crippen LogP contribution is -2.20. The first-order valence-electron chi connectivity index (χ1n) is 9.65. The van der Waals surface area contributed by atoms with Gasteiger partial charge in [-0.05, 0) is 54.2 Å². The maximum Gasteiger partial charge on any atom is 0.246 e. The van der Waals surface area contributed by atoms with E-state index in [1.807, 2.05) is 48.8 Å². The van der Waals surface area contributed by atoms with Gasteiger partial charge < -0.3 is 10.1 Å². The number of aromatic nitrogens is 4. The molecular formula is C22H19F2N5O2S. The molecule has 32 heavy (non-hydrogen) atoms. The number of nitrogens with zero attached hydrogens (tertiary/aromatic N) is 4. The van der Waals surface area contributed by atoms with Crippen molar-refractivity contribution >= 4 is 23.8 Å². The van der Waals surface area contributed by atoms with Crippen LogP contribution in [0, 0.1) is 16.4 Å². The van der Waals surface area contributed by atoms with Crippen LogP contribution in [0.1, 0.15) is 11.4 Å². The molecular weight excluding hydrogens is 436 g/mol. The molecule has 10 heteroatoms. The van der Waals surface area contributed by atoms with E-state index >= 15 is 0 Å². The van der Waals surface area contributed by atoms with Crippen molar-refractivity contribution in [2.45, 2.75) is 13.0 Å². The number of amides is 1. The molecule has 4 rings (SSSR count). The average molecular weight is 455 g/mol. The van der Waals surface area contributed by atoms with E-state index in [0.717, 1.165) is 23.4 Å². The van der Waals surface area contributed by atoms with Crippen LogP contribution in [0.3, 0.4) is 0 Å². The Balaban J connectivity index is 1.61. The Morgan fingerprint density at radius 2 is 1.84 bits per heavy atom. The Hall–Kier alpha value is -3.79. The van der Waals surface area contributed by atoms with Crippen molar-refractivity contribution in [2.75, 3.05) is 12.4 Å². The van der Waals surface area contributed by atoms with E-state index in [0.29, 0.717) is 23.1 Å². The lowest BCUT2D eigenvalue weighted by molar-refractivity contribution is -0.117. The summed E-state index contributed by atoms with van der Waals surface area (Å²) in [6.45, 7) is -0.237. The number of hydrogen-bond acceptors (Lipinski definition) is 4. The third-order valence-corrected chi connectivity index (χ3v) is 5.11. The molecule has 2 aromatic heterocycles. The molecule has 0 aliphatic carbocycles. The zero-order valence-electron chi connectivity index (χ0n) is 17.0. The van der Waals surface area contributed by atoms with Gasteiger partial charge >= 0.3 is 0 Å². The van der Waals surface area contributed by atoms with Crippen molar-refractivity contribution in [1.29, 1.82) is 0 Å². The fourth-order valence-electron chi connectivity index (χ4n) is 3.19. The molecule has 0 spiro atoms. The molecule has 2 aromatic carbocycles. The second-order valence-corrected chi connectivity index (χ2v) is 7.29. The van der Waals surface area contributed by atoms with E-state index in [1.165, 1.54) is 4.68 Å². The van der Waals surface area contributed by atoms with E-state index in [9.17, 15) is 13.6 Å². The Morgan fingerprint density at radius 3 is 2.50 bits per heavy atom. The minimum absolute atomic E-state index is 0.119. The van der Waals surface area contributed by atoms with Crippen molar-refractivity contribution in [3.8, 4) is 5.75 Å². The summed E-state index contributed by atoms with van der Waals surface area (Å²) in [5.74, 6) is -0.778. The molecule has 7 nitrogen and oxygen atoms in total. The molecule has 0 saturated heterocycles. The third-order valence-electron chi connectivity index (χ3n) is 4.72. The second-order valence-electron chi connectivity index (χ2n) is 6.93.